The minimum Gasteiger partial charge on any atom is -0.466 e. The second-order valence-electron chi connectivity index (χ2n) is 7.60. The Labute approximate surface area is 185 Å². The number of ether oxygens (including phenoxy) is 1. The van der Waals surface area contributed by atoms with Crippen molar-refractivity contribution in [3.8, 4) is 0 Å². The maximum atomic E-state index is 12.8. The maximum absolute atomic E-state index is 12.8. The topological polar surface area (TPSA) is 122 Å². The van der Waals surface area contributed by atoms with Crippen LogP contribution in [0, 0.1) is 5.92 Å². The lowest BCUT2D eigenvalue weighted by Crippen LogP contribution is -2.40. The number of benzene rings is 2. The lowest BCUT2D eigenvalue weighted by molar-refractivity contribution is -0.148. The molecule has 0 aliphatic carbocycles. The van der Waals surface area contributed by atoms with Crippen LogP contribution in [0.1, 0.15) is 30.1 Å². The highest BCUT2D eigenvalue weighted by Gasteiger charge is 2.29. The van der Waals surface area contributed by atoms with Gasteiger partial charge in [0.2, 0.25) is 0 Å². The van der Waals surface area contributed by atoms with Crippen molar-refractivity contribution in [1.29, 1.82) is 0 Å². The van der Waals surface area contributed by atoms with Crippen LogP contribution in [0.3, 0.4) is 0 Å². The molecular weight excluding hydrogens is 408 g/mol. The summed E-state index contributed by atoms with van der Waals surface area (Å²) in [5, 5.41) is 1.83. The Balaban J connectivity index is 1.48. The Hall–Kier alpha value is -3.88. The summed E-state index contributed by atoms with van der Waals surface area (Å²) in [6.45, 7) is 3.35. The number of carbonyl (C=O) groups is 2. The molecule has 32 heavy (non-hydrogen) atoms. The van der Waals surface area contributed by atoms with Gasteiger partial charge in [0.25, 0.3) is 5.91 Å². The number of rotatable bonds is 6. The van der Waals surface area contributed by atoms with E-state index in [2.05, 4.69) is 20.8 Å². The van der Waals surface area contributed by atoms with Crippen molar-refractivity contribution in [2.24, 2.45) is 5.92 Å². The van der Waals surface area contributed by atoms with Gasteiger partial charge < -0.3 is 15.4 Å². The molecule has 0 saturated carbocycles. The van der Waals surface area contributed by atoms with Gasteiger partial charge in [-0.2, -0.15) is 0 Å². The molecule has 4 rings (SSSR count). The highest BCUT2D eigenvalue weighted by molar-refractivity contribution is 6.07. The summed E-state index contributed by atoms with van der Waals surface area (Å²) in [5.41, 5.74) is 12.6. The largest absolute Gasteiger partial charge is 0.466 e. The smallest absolute Gasteiger partial charge is 0.310 e. The van der Waals surface area contributed by atoms with Crippen LogP contribution in [0.15, 0.2) is 48.8 Å². The van der Waals surface area contributed by atoms with Crippen molar-refractivity contribution >= 4 is 40.0 Å². The van der Waals surface area contributed by atoms with E-state index in [0.29, 0.717) is 36.0 Å². The normalized spacial score (nSPS) is 15.9. The van der Waals surface area contributed by atoms with E-state index >= 15 is 0 Å². The van der Waals surface area contributed by atoms with E-state index in [-0.39, 0.29) is 17.8 Å². The summed E-state index contributed by atoms with van der Waals surface area (Å²) in [5.74, 6) is 0.0885. The number of hydrazine groups is 1. The maximum Gasteiger partial charge on any atom is 0.310 e. The molecule has 1 amide bonds. The number of nitrogens with zero attached hydrogens (tertiary/aromatic N) is 3. The number of hydrogen-bond donors (Lipinski definition) is 3. The fraction of sp³-hybridized carbons (Fsp3) is 0.304. The Kier molecular flexibility index (Phi) is 6.34. The number of esters is 1. The van der Waals surface area contributed by atoms with Crippen LogP contribution in [0.4, 0.5) is 17.3 Å². The molecule has 0 spiro atoms. The van der Waals surface area contributed by atoms with E-state index < -0.39 is 0 Å². The summed E-state index contributed by atoms with van der Waals surface area (Å²) < 4.78 is 5.17. The Morgan fingerprint density at radius 2 is 2.00 bits per heavy atom. The molecule has 9 heteroatoms. The van der Waals surface area contributed by atoms with E-state index in [1.165, 1.54) is 6.33 Å². The second kappa shape index (κ2) is 9.51. The monoisotopic (exact) mass is 434 g/mol. The third kappa shape index (κ3) is 4.41. The van der Waals surface area contributed by atoms with Gasteiger partial charge in [0.1, 0.15) is 12.0 Å². The third-order valence-corrected chi connectivity index (χ3v) is 5.53. The summed E-state index contributed by atoms with van der Waals surface area (Å²) in [7, 11) is 0. The van der Waals surface area contributed by atoms with Gasteiger partial charge in [0, 0.05) is 18.7 Å². The van der Waals surface area contributed by atoms with Gasteiger partial charge in [-0.05, 0) is 36.6 Å². The molecule has 1 aliphatic heterocycles. The van der Waals surface area contributed by atoms with Crippen LogP contribution in [0.5, 0.6) is 0 Å². The molecule has 1 atom stereocenters. The molecule has 9 nitrogen and oxygen atoms in total. The highest BCUT2D eigenvalue weighted by atomic mass is 16.5. The van der Waals surface area contributed by atoms with E-state index in [9.17, 15) is 9.59 Å². The van der Waals surface area contributed by atoms with Gasteiger partial charge in [0.05, 0.1) is 12.5 Å². The minimum atomic E-state index is -0.304. The Bertz CT molecular complexity index is 1130. The number of carbonyl (C=O) groups excluding carboxylic acids is 2. The van der Waals surface area contributed by atoms with Crippen LogP contribution in [0.25, 0.3) is 10.8 Å². The highest BCUT2D eigenvalue weighted by Crippen LogP contribution is 2.30. The number of nitrogen functional groups attached to an aromatic ring is 1. The van der Waals surface area contributed by atoms with Crippen molar-refractivity contribution in [3.63, 3.8) is 0 Å². The fourth-order valence-electron chi connectivity index (χ4n) is 3.97. The molecule has 1 aromatic heterocycles. The SMILES string of the molecule is CCOC(=O)C1CCCN(c2ncnc(NNC(=O)c3cccc4ccccc34)c2N)C1. The number of piperidine rings is 1. The quantitative estimate of drug-likeness (QED) is 0.400. The first-order valence-corrected chi connectivity index (χ1v) is 10.6. The van der Waals surface area contributed by atoms with Crippen molar-refractivity contribution in [1.82, 2.24) is 15.4 Å². The van der Waals surface area contributed by atoms with Gasteiger partial charge in [-0.15, -0.1) is 0 Å². The van der Waals surface area contributed by atoms with E-state index in [4.69, 9.17) is 10.5 Å². The van der Waals surface area contributed by atoms with E-state index in [0.717, 1.165) is 30.2 Å². The first kappa shape index (κ1) is 21.4. The number of anilines is 3. The molecule has 2 heterocycles. The van der Waals surface area contributed by atoms with Gasteiger partial charge in [-0.3, -0.25) is 20.4 Å². The summed E-state index contributed by atoms with van der Waals surface area (Å²) in [4.78, 5) is 35.4. The average molecular weight is 435 g/mol. The molecule has 0 bridgehead atoms. The van der Waals surface area contributed by atoms with Gasteiger partial charge in [-0.1, -0.05) is 36.4 Å². The first-order valence-electron chi connectivity index (χ1n) is 10.6. The van der Waals surface area contributed by atoms with Crippen molar-refractivity contribution < 1.29 is 14.3 Å². The van der Waals surface area contributed by atoms with Crippen LogP contribution < -0.4 is 21.5 Å². The summed E-state index contributed by atoms with van der Waals surface area (Å²) in [6, 6.07) is 13.2. The van der Waals surface area contributed by atoms with E-state index in [1.54, 1.807) is 13.0 Å². The molecular formula is C23H26N6O3. The van der Waals surface area contributed by atoms with Crippen LogP contribution >= 0.6 is 0 Å². The molecule has 2 aromatic carbocycles. The number of fused-ring (bicyclic) bond motifs is 1. The predicted octanol–water partition coefficient (Wildman–Crippen LogP) is 2.75. The fourth-order valence-corrected chi connectivity index (χ4v) is 3.97. The summed E-state index contributed by atoms with van der Waals surface area (Å²) >= 11 is 0. The average Bonchev–Trinajstić information content (AvgIpc) is 2.83. The number of hydrogen-bond acceptors (Lipinski definition) is 8. The Morgan fingerprint density at radius 3 is 2.84 bits per heavy atom. The lowest BCUT2D eigenvalue weighted by Gasteiger charge is -2.33. The van der Waals surface area contributed by atoms with Gasteiger partial charge >= 0.3 is 5.97 Å². The third-order valence-electron chi connectivity index (χ3n) is 5.53. The lowest BCUT2D eigenvalue weighted by atomic mass is 9.98. The molecule has 1 fully saturated rings. The van der Waals surface area contributed by atoms with Gasteiger partial charge in [0.15, 0.2) is 11.6 Å². The van der Waals surface area contributed by atoms with Crippen molar-refractivity contribution in [3.05, 3.63) is 54.4 Å². The molecule has 3 aromatic rings. The number of nitrogens with one attached hydrogen (secondary N) is 2. The zero-order valence-corrected chi connectivity index (χ0v) is 17.9. The molecule has 1 saturated heterocycles. The predicted molar refractivity (Wildman–Crippen MR) is 123 cm³/mol. The zero-order chi connectivity index (χ0) is 22.5. The number of aromatic nitrogens is 2. The number of nitrogens with two attached hydrogens (primary N) is 1. The second-order valence-corrected chi connectivity index (χ2v) is 7.60. The molecule has 166 valence electrons. The van der Waals surface area contributed by atoms with E-state index in [1.807, 2.05) is 41.3 Å². The van der Waals surface area contributed by atoms with Gasteiger partial charge in [-0.25, -0.2) is 9.97 Å². The molecule has 4 N–H and O–H groups in total. The molecule has 1 aliphatic rings. The van der Waals surface area contributed by atoms with Crippen LogP contribution in [-0.4, -0.2) is 41.5 Å². The summed E-state index contributed by atoms with van der Waals surface area (Å²) in [6.07, 6.45) is 2.98. The van der Waals surface area contributed by atoms with Crippen molar-refractivity contribution in [2.75, 3.05) is 35.8 Å². The minimum absolute atomic E-state index is 0.203. The first-order chi connectivity index (χ1) is 15.6. The van der Waals surface area contributed by atoms with Crippen LogP contribution in [0.2, 0.25) is 0 Å². The standard InChI is InChI=1S/C23H26N6O3/c1-2-32-23(31)16-9-6-12-29(13-16)21-19(24)20(25-14-26-21)27-28-22(30)18-11-5-8-15-7-3-4-10-17(15)18/h3-5,7-8,10-11,14,16H,2,6,9,12-13,24H2,1H3,(H,28,30)(H,25,26,27). The van der Waals surface area contributed by atoms with Crippen LogP contribution in [-0.2, 0) is 9.53 Å². The van der Waals surface area contributed by atoms with Crippen molar-refractivity contribution in [2.45, 2.75) is 19.8 Å². The number of amides is 1. The molecule has 0 radical (unpaired) electrons. The zero-order valence-electron chi connectivity index (χ0n) is 17.9. The Morgan fingerprint density at radius 1 is 1.19 bits per heavy atom. The molecule has 1 unspecified atom stereocenters.